The normalized spacial score (nSPS) is 8.60. The highest BCUT2D eigenvalue weighted by atomic mass is 35.5. The number of carbonyl (C=O) groups excluding carboxylic acids is 2. The fraction of sp³-hybridized carbons (Fsp3) is 0.600. The third-order valence-electron chi connectivity index (χ3n) is 0.802. The van der Waals surface area contributed by atoms with E-state index in [-0.39, 0.29) is 18.2 Å². The maximum absolute atomic E-state index is 10.6. The van der Waals surface area contributed by atoms with E-state index in [9.17, 15) is 9.59 Å². The second-order valence-electron chi connectivity index (χ2n) is 1.57. The molecular formula is C5H9ClN2O2. The summed E-state index contributed by atoms with van der Waals surface area (Å²) < 4.78 is 0. The van der Waals surface area contributed by atoms with Gasteiger partial charge in [-0.3, -0.25) is 10.1 Å². The van der Waals surface area contributed by atoms with Crippen LogP contribution in [0.4, 0.5) is 4.79 Å². The van der Waals surface area contributed by atoms with Crippen molar-refractivity contribution in [2.45, 2.75) is 6.42 Å². The van der Waals surface area contributed by atoms with Crippen molar-refractivity contribution in [3.63, 3.8) is 0 Å². The van der Waals surface area contributed by atoms with Crippen molar-refractivity contribution in [1.82, 2.24) is 10.6 Å². The minimum Gasteiger partial charge on any atom is -0.341 e. The molecule has 10 heavy (non-hydrogen) atoms. The molecule has 0 aromatic heterocycles. The minimum atomic E-state index is -0.505. The van der Waals surface area contributed by atoms with Crippen LogP contribution >= 0.6 is 11.6 Å². The van der Waals surface area contributed by atoms with Gasteiger partial charge in [0.2, 0.25) is 5.91 Å². The van der Waals surface area contributed by atoms with E-state index in [4.69, 9.17) is 11.6 Å². The Morgan fingerprint density at radius 1 is 1.50 bits per heavy atom. The van der Waals surface area contributed by atoms with Crippen LogP contribution in [0.15, 0.2) is 0 Å². The number of halogens is 1. The highest BCUT2D eigenvalue weighted by molar-refractivity contribution is 6.19. The number of alkyl halides is 1. The smallest absolute Gasteiger partial charge is 0.321 e. The standard InChI is InChI=1S/C5H9ClN2O2/c1-7-5(10)8-4(9)2-3-6/h2-3H2,1H3,(H2,7,8,9,10). The highest BCUT2D eigenvalue weighted by Gasteiger charge is 2.02. The Kier molecular flexibility index (Phi) is 4.66. The van der Waals surface area contributed by atoms with Crippen molar-refractivity contribution in [2.24, 2.45) is 0 Å². The third-order valence-corrected chi connectivity index (χ3v) is 0.991. The summed E-state index contributed by atoms with van der Waals surface area (Å²) in [7, 11) is 1.43. The molecule has 0 aliphatic rings. The van der Waals surface area contributed by atoms with E-state index in [1.54, 1.807) is 0 Å². The minimum absolute atomic E-state index is 0.162. The number of urea groups is 1. The number of nitrogens with one attached hydrogen (secondary N) is 2. The van der Waals surface area contributed by atoms with Crippen LogP contribution in [0.25, 0.3) is 0 Å². The number of hydrogen-bond acceptors (Lipinski definition) is 2. The van der Waals surface area contributed by atoms with E-state index in [0.717, 1.165) is 0 Å². The molecule has 0 saturated heterocycles. The van der Waals surface area contributed by atoms with Gasteiger partial charge in [-0.25, -0.2) is 4.79 Å². The fourth-order valence-electron chi connectivity index (χ4n) is 0.337. The molecule has 2 N–H and O–H groups in total. The molecule has 0 heterocycles. The van der Waals surface area contributed by atoms with Crippen LogP contribution in [0.5, 0.6) is 0 Å². The number of imide groups is 1. The first-order chi connectivity index (χ1) is 4.70. The quantitative estimate of drug-likeness (QED) is 0.568. The number of hydrogen-bond donors (Lipinski definition) is 2. The van der Waals surface area contributed by atoms with E-state index in [0.29, 0.717) is 0 Å². The van der Waals surface area contributed by atoms with Gasteiger partial charge in [0.15, 0.2) is 0 Å². The molecule has 3 amide bonds. The zero-order valence-corrected chi connectivity index (χ0v) is 6.36. The molecule has 5 heteroatoms. The molecule has 0 atom stereocenters. The molecule has 4 nitrogen and oxygen atoms in total. The summed E-state index contributed by atoms with van der Waals surface area (Å²) in [6.45, 7) is 0. The molecule has 0 saturated carbocycles. The molecule has 0 unspecified atom stereocenters. The summed E-state index contributed by atoms with van der Waals surface area (Å²) in [4.78, 5) is 21.0. The first-order valence-corrected chi connectivity index (χ1v) is 3.31. The molecule has 0 aliphatic heterocycles. The maximum atomic E-state index is 10.6. The molecule has 0 fully saturated rings. The van der Waals surface area contributed by atoms with Crippen LogP contribution in [-0.2, 0) is 4.79 Å². The van der Waals surface area contributed by atoms with Crippen molar-refractivity contribution in [2.75, 3.05) is 12.9 Å². The van der Waals surface area contributed by atoms with Gasteiger partial charge in [-0.2, -0.15) is 0 Å². The molecule has 0 aromatic carbocycles. The molecule has 0 radical (unpaired) electrons. The molecule has 0 spiro atoms. The number of amides is 3. The predicted octanol–water partition coefficient (Wildman–Crippen LogP) is 0.0709. The van der Waals surface area contributed by atoms with Crippen LogP contribution < -0.4 is 10.6 Å². The lowest BCUT2D eigenvalue weighted by Gasteiger charge is -1.99. The maximum Gasteiger partial charge on any atom is 0.321 e. The van der Waals surface area contributed by atoms with E-state index in [2.05, 4.69) is 10.6 Å². The average molecular weight is 165 g/mol. The number of carbonyl (C=O) groups is 2. The Balaban J connectivity index is 3.47. The second kappa shape index (κ2) is 5.05. The van der Waals surface area contributed by atoms with Gasteiger partial charge in [0.05, 0.1) is 0 Å². The lowest BCUT2D eigenvalue weighted by molar-refractivity contribution is -0.119. The summed E-state index contributed by atoms with van der Waals surface area (Å²) >= 11 is 5.23. The van der Waals surface area contributed by atoms with Crippen LogP contribution in [0.1, 0.15) is 6.42 Å². The molecular weight excluding hydrogens is 156 g/mol. The van der Waals surface area contributed by atoms with Gasteiger partial charge >= 0.3 is 6.03 Å². The van der Waals surface area contributed by atoms with Gasteiger partial charge in [0.25, 0.3) is 0 Å². The van der Waals surface area contributed by atoms with Crippen molar-refractivity contribution < 1.29 is 9.59 Å². The Bertz CT molecular complexity index is 138. The zero-order valence-electron chi connectivity index (χ0n) is 5.61. The fourth-order valence-corrected chi connectivity index (χ4v) is 0.509. The van der Waals surface area contributed by atoms with Crippen molar-refractivity contribution in [3.8, 4) is 0 Å². The third kappa shape index (κ3) is 4.14. The van der Waals surface area contributed by atoms with Crippen LogP contribution in [-0.4, -0.2) is 24.9 Å². The van der Waals surface area contributed by atoms with Gasteiger partial charge in [-0.05, 0) is 0 Å². The van der Waals surface area contributed by atoms with E-state index < -0.39 is 6.03 Å². The van der Waals surface area contributed by atoms with Gasteiger partial charge < -0.3 is 5.32 Å². The van der Waals surface area contributed by atoms with Crippen molar-refractivity contribution in [1.29, 1.82) is 0 Å². The predicted molar refractivity (Wildman–Crippen MR) is 37.9 cm³/mol. The SMILES string of the molecule is CNC(=O)NC(=O)CCCl. The molecule has 0 aliphatic carbocycles. The van der Waals surface area contributed by atoms with Crippen molar-refractivity contribution >= 4 is 23.5 Å². The lowest BCUT2D eigenvalue weighted by atomic mass is 10.4. The topological polar surface area (TPSA) is 58.2 Å². The van der Waals surface area contributed by atoms with Crippen LogP contribution in [0, 0.1) is 0 Å². The van der Waals surface area contributed by atoms with E-state index in [1.165, 1.54) is 7.05 Å². The number of rotatable bonds is 2. The van der Waals surface area contributed by atoms with E-state index >= 15 is 0 Å². The summed E-state index contributed by atoms with van der Waals surface area (Å²) in [5, 5.41) is 4.30. The van der Waals surface area contributed by atoms with Gasteiger partial charge in [-0.1, -0.05) is 0 Å². The van der Waals surface area contributed by atoms with E-state index in [1.807, 2.05) is 0 Å². The molecule has 0 rings (SSSR count). The van der Waals surface area contributed by atoms with Crippen molar-refractivity contribution in [3.05, 3.63) is 0 Å². The molecule has 0 aromatic rings. The zero-order chi connectivity index (χ0) is 7.98. The second-order valence-corrected chi connectivity index (χ2v) is 1.94. The Morgan fingerprint density at radius 2 is 2.10 bits per heavy atom. The Morgan fingerprint density at radius 3 is 2.50 bits per heavy atom. The largest absolute Gasteiger partial charge is 0.341 e. The summed E-state index contributed by atoms with van der Waals surface area (Å²) in [6.07, 6.45) is 0.162. The van der Waals surface area contributed by atoms with Gasteiger partial charge in [0, 0.05) is 19.3 Å². The molecule has 0 bridgehead atoms. The Labute approximate surface area is 63.9 Å². The monoisotopic (exact) mass is 164 g/mol. The highest BCUT2D eigenvalue weighted by Crippen LogP contribution is 1.82. The summed E-state index contributed by atoms with van der Waals surface area (Å²) in [6, 6.07) is -0.505. The first-order valence-electron chi connectivity index (χ1n) is 2.78. The lowest BCUT2D eigenvalue weighted by Crippen LogP contribution is -2.37. The summed E-state index contributed by atoms with van der Waals surface area (Å²) in [5.74, 6) is -0.141. The van der Waals surface area contributed by atoms with Crippen LogP contribution in [0.2, 0.25) is 0 Å². The summed E-state index contributed by atoms with van der Waals surface area (Å²) in [5.41, 5.74) is 0. The average Bonchev–Trinajstić information content (AvgIpc) is 1.88. The Hall–Kier alpha value is -0.770. The van der Waals surface area contributed by atoms with Gasteiger partial charge in [-0.15, -0.1) is 11.6 Å². The first kappa shape index (κ1) is 9.23. The van der Waals surface area contributed by atoms with Crippen LogP contribution in [0.3, 0.4) is 0 Å². The van der Waals surface area contributed by atoms with Gasteiger partial charge in [0.1, 0.15) is 0 Å². The molecule has 58 valence electrons.